The lowest BCUT2D eigenvalue weighted by molar-refractivity contribution is -0.123. The van der Waals surface area contributed by atoms with Crippen LogP contribution in [0.3, 0.4) is 0 Å². The summed E-state index contributed by atoms with van der Waals surface area (Å²) < 4.78 is 0. The first-order valence-electron chi connectivity index (χ1n) is 7.80. The minimum atomic E-state index is 0.0446. The molecule has 0 bridgehead atoms. The van der Waals surface area contributed by atoms with E-state index >= 15 is 0 Å². The number of rotatable bonds is 4. The highest BCUT2D eigenvalue weighted by Crippen LogP contribution is 2.17. The number of hydrogen-bond donors (Lipinski definition) is 2. The van der Waals surface area contributed by atoms with Gasteiger partial charge in [-0.15, -0.1) is 0 Å². The van der Waals surface area contributed by atoms with Gasteiger partial charge in [0.05, 0.1) is 12.6 Å². The Morgan fingerprint density at radius 2 is 2.19 bits per heavy atom. The molecule has 0 spiro atoms. The van der Waals surface area contributed by atoms with Gasteiger partial charge in [0.15, 0.2) is 0 Å². The summed E-state index contributed by atoms with van der Waals surface area (Å²) in [6.45, 7) is 8.56. The van der Waals surface area contributed by atoms with Gasteiger partial charge in [-0.05, 0) is 37.3 Å². The van der Waals surface area contributed by atoms with E-state index in [-0.39, 0.29) is 18.0 Å². The number of nitrogens with two attached hydrogens (primary N) is 1. The SMILES string of the molecule is Cc1ccccc1C(C)NC(=O)CN1CCC(N)C(C)C1. The lowest BCUT2D eigenvalue weighted by atomic mass is 9.95. The van der Waals surface area contributed by atoms with E-state index in [9.17, 15) is 4.79 Å². The minimum Gasteiger partial charge on any atom is -0.348 e. The van der Waals surface area contributed by atoms with Gasteiger partial charge >= 0.3 is 0 Å². The fourth-order valence-corrected chi connectivity index (χ4v) is 3.03. The summed E-state index contributed by atoms with van der Waals surface area (Å²) in [6, 6.07) is 8.50. The van der Waals surface area contributed by atoms with Gasteiger partial charge in [0, 0.05) is 19.1 Å². The molecule has 1 aromatic carbocycles. The molecule has 1 saturated heterocycles. The topological polar surface area (TPSA) is 58.4 Å². The molecular formula is C17H27N3O. The van der Waals surface area contributed by atoms with Gasteiger partial charge in [0.25, 0.3) is 0 Å². The van der Waals surface area contributed by atoms with Crippen LogP contribution < -0.4 is 11.1 Å². The van der Waals surface area contributed by atoms with Crippen LogP contribution in [-0.4, -0.2) is 36.5 Å². The smallest absolute Gasteiger partial charge is 0.234 e. The van der Waals surface area contributed by atoms with Crippen LogP contribution in [0.5, 0.6) is 0 Å². The Labute approximate surface area is 127 Å². The van der Waals surface area contributed by atoms with E-state index in [1.165, 1.54) is 11.1 Å². The first-order chi connectivity index (χ1) is 9.97. The van der Waals surface area contributed by atoms with Crippen molar-refractivity contribution in [3.63, 3.8) is 0 Å². The molecular weight excluding hydrogens is 262 g/mol. The number of piperidine rings is 1. The van der Waals surface area contributed by atoms with Gasteiger partial charge in [-0.3, -0.25) is 9.69 Å². The van der Waals surface area contributed by atoms with Gasteiger partial charge < -0.3 is 11.1 Å². The lowest BCUT2D eigenvalue weighted by Crippen LogP contribution is -2.49. The summed E-state index contributed by atoms with van der Waals surface area (Å²) in [6.07, 6.45) is 0.974. The number of nitrogens with zero attached hydrogens (tertiary/aromatic N) is 1. The van der Waals surface area contributed by atoms with Crippen molar-refractivity contribution in [2.24, 2.45) is 11.7 Å². The van der Waals surface area contributed by atoms with Gasteiger partial charge in [0.1, 0.15) is 0 Å². The highest BCUT2D eigenvalue weighted by atomic mass is 16.2. The standard InChI is InChI=1S/C17H27N3O/c1-12-6-4-5-7-15(12)14(3)19-17(21)11-20-9-8-16(18)13(2)10-20/h4-7,13-14,16H,8-11,18H2,1-3H3,(H,19,21). The number of carbonyl (C=O) groups excluding carboxylic acids is 1. The summed E-state index contributed by atoms with van der Waals surface area (Å²) in [5.41, 5.74) is 8.41. The number of aryl methyl sites for hydroxylation is 1. The van der Waals surface area contributed by atoms with E-state index in [0.29, 0.717) is 12.5 Å². The highest BCUT2D eigenvalue weighted by molar-refractivity contribution is 5.78. The Morgan fingerprint density at radius 1 is 1.48 bits per heavy atom. The summed E-state index contributed by atoms with van der Waals surface area (Å²) >= 11 is 0. The first-order valence-corrected chi connectivity index (χ1v) is 7.80. The van der Waals surface area contributed by atoms with Crippen LogP contribution >= 0.6 is 0 Å². The molecule has 0 saturated carbocycles. The van der Waals surface area contributed by atoms with E-state index in [1.807, 2.05) is 19.1 Å². The average molecular weight is 289 g/mol. The predicted molar refractivity (Wildman–Crippen MR) is 85.9 cm³/mol. The second kappa shape index (κ2) is 7.05. The molecule has 3 unspecified atom stereocenters. The molecule has 3 atom stereocenters. The van der Waals surface area contributed by atoms with Crippen LogP contribution in [0.25, 0.3) is 0 Å². The fourth-order valence-electron chi connectivity index (χ4n) is 3.03. The Kier molecular flexibility index (Phi) is 5.37. The van der Waals surface area contributed by atoms with Gasteiger partial charge in [-0.1, -0.05) is 31.2 Å². The summed E-state index contributed by atoms with van der Waals surface area (Å²) in [5.74, 6) is 0.550. The molecule has 4 heteroatoms. The second-order valence-corrected chi connectivity index (χ2v) is 6.31. The number of benzene rings is 1. The Hall–Kier alpha value is -1.39. The third-order valence-electron chi connectivity index (χ3n) is 4.46. The maximum atomic E-state index is 12.2. The zero-order valence-electron chi connectivity index (χ0n) is 13.3. The quantitative estimate of drug-likeness (QED) is 0.889. The number of nitrogens with one attached hydrogen (secondary N) is 1. The molecule has 1 fully saturated rings. The van der Waals surface area contributed by atoms with Crippen molar-refractivity contribution in [1.82, 2.24) is 10.2 Å². The molecule has 1 aromatic rings. The van der Waals surface area contributed by atoms with Crippen LogP contribution in [0.1, 0.15) is 37.4 Å². The van der Waals surface area contributed by atoms with Crippen LogP contribution in [0.2, 0.25) is 0 Å². The normalized spacial score (nSPS) is 24.6. The highest BCUT2D eigenvalue weighted by Gasteiger charge is 2.24. The van der Waals surface area contributed by atoms with Crippen molar-refractivity contribution in [3.05, 3.63) is 35.4 Å². The number of carbonyl (C=O) groups is 1. The maximum absolute atomic E-state index is 12.2. The Balaban J connectivity index is 1.86. The molecule has 3 N–H and O–H groups in total. The third kappa shape index (κ3) is 4.29. The van der Waals surface area contributed by atoms with Gasteiger partial charge in [-0.25, -0.2) is 0 Å². The van der Waals surface area contributed by atoms with Crippen LogP contribution in [0.15, 0.2) is 24.3 Å². The number of amides is 1. The van der Waals surface area contributed by atoms with Gasteiger partial charge in [0.2, 0.25) is 5.91 Å². The van der Waals surface area contributed by atoms with Gasteiger partial charge in [-0.2, -0.15) is 0 Å². The fraction of sp³-hybridized carbons (Fsp3) is 0.588. The number of hydrogen-bond acceptors (Lipinski definition) is 3. The molecule has 0 aliphatic carbocycles. The molecule has 1 heterocycles. The molecule has 1 aliphatic heterocycles. The van der Waals surface area contributed by atoms with Crippen molar-refractivity contribution in [1.29, 1.82) is 0 Å². The summed E-state index contributed by atoms with van der Waals surface area (Å²) in [5, 5.41) is 3.10. The average Bonchev–Trinajstić information content (AvgIpc) is 2.43. The Bertz CT molecular complexity index is 489. The van der Waals surface area contributed by atoms with E-state index in [4.69, 9.17) is 5.73 Å². The van der Waals surface area contributed by atoms with E-state index in [0.717, 1.165) is 19.5 Å². The largest absolute Gasteiger partial charge is 0.348 e. The molecule has 4 nitrogen and oxygen atoms in total. The zero-order valence-corrected chi connectivity index (χ0v) is 13.3. The molecule has 1 amide bonds. The lowest BCUT2D eigenvalue weighted by Gasteiger charge is -2.34. The zero-order chi connectivity index (χ0) is 15.4. The number of likely N-dealkylation sites (tertiary alicyclic amines) is 1. The summed E-state index contributed by atoms with van der Waals surface area (Å²) in [4.78, 5) is 14.4. The molecule has 0 aromatic heterocycles. The predicted octanol–water partition coefficient (Wildman–Crippen LogP) is 1.84. The van der Waals surface area contributed by atoms with Crippen LogP contribution in [0, 0.1) is 12.8 Å². The first kappa shape index (κ1) is 16.0. The molecule has 116 valence electrons. The van der Waals surface area contributed by atoms with Crippen LogP contribution in [0.4, 0.5) is 0 Å². The van der Waals surface area contributed by atoms with Crippen molar-refractivity contribution >= 4 is 5.91 Å². The van der Waals surface area contributed by atoms with Crippen molar-refractivity contribution in [3.8, 4) is 0 Å². The van der Waals surface area contributed by atoms with E-state index < -0.39 is 0 Å². The molecule has 21 heavy (non-hydrogen) atoms. The maximum Gasteiger partial charge on any atom is 0.234 e. The third-order valence-corrected chi connectivity index (χ3v) is 4.46. The second-order valence-electron chi connectivity index (χ2n) is 6.31. The summed E-state index contributed by atoms with van der Waals surface area (Å²) in [7, 11) is 0. The Morgan fingerprint density at radius 3 is 2.86 bits per heavy atom. The van der Waals surface area contributed by atoms with Crippen molar-refractivity contribution in [2.75, 3.05) is 19.6 Å². The molecule has 1 aliphatic rings. The van der Waals surface area contributed by atoms with Crippen molar-refractivity contribution < 1.29 is 4.79 Å². The van der Waals surface area contributed by atoms with Crippen molar-refractivity contribution in [2.45, 2.75) is 39.3 Å². The minimum absolute atomic E-state index is 0.0446. The molecule has 0 radical (unpaired) electrons. The molecule has 2 rings (SSSR count). The van der Waals surface area contributed by atoms with Crippen LogP contribution in [-0.2, 0) is 4.79 Å². The monoisotopic (exact) mass is 289 g/mol. The van der Waals surface area contributed by atoms with E-state index in [1.54, 1.807) is 0 Å². The van der Waals surface area contributed by atoms with E-state index in [2.05, 4.69) is 36.2 Å².